The van der Waals surface area contributed by atoms with Crippen LogP contribution in [0, 0.1) is 12.7 Å². The number of nitrogens with zero attached hydrogens (tertiary/aromatic N) is 1. The number of carbonyl (C=O) groups is 3. The zero-order chi connectivity index (χ0) is 20.8. The predicted octanol–water partition coefficient (Wildman–Crippen LogP) is 3.37. The van der Waals surface area contributed by atoms with E-state index >= 15 is 0 Å². The second-order valence-corrected chi connectivity index (χ2v) is 7.30. The van der Waals surface area contributed by atoms with E-state index in [0.29, 0.717) is 5.75 Å². The Kier molecular flexibility index (Phi) is 6.66. The normalized spacial score (nSPS) is 15.1. The quantitative estimate of drug-likeness (QED) is 0.703. The Labute approximate surface area is 171 Å². The van der Waals surface area contributed by atoms with E-state index in [1.807, 2.05) is 19.1 Å². The van der Waals surface area contributed by atoms with Crippen molar-refractivity contribution in [3.63, 3.8) is 0 Å². The molecule has 3 amide bonds. The lowest BCUT2D eigenvalue weighted by molar-refractivity contribution is -0.125. The summed E-state index contributed by atoms with van der Waals surface area (Å²) in [4.78, 5) is 37.5. The van der Waals surface area contributed by atoms with E-state index in [2.05, 4.69) is 5.32 Å². The van der Waals surface area contributed by atoms with Crippen LogP contribution >= 0.6 is 11.8 Å². The summed E-state index contributed by atoms with van der Waals surface area (Å²) in [5, 5.41) is 2.15. The predicted molar refractivity (Wildman–Crippen MR) is 109 cm³/mol. The Bertz CT molecular complexity index is 959. The van der Waals surface area contributed by atoms with Gasteiger partial charge in [-0.1, -0.05) is 35.9 Å². The lowest BCUT2D eigenvalue weighted by Crippen LogP contribution is -2.38. The van der Waals surface area contributed by atoms with Gasteiger partial charge in [0, 0.05) is 18.7 Å². The summed E-state index contributed by atoms with van der Waals surface area (Å²) < 4.78 is 19.1. The molecule has 0 aliphatic carbocycles. The standard InChI is InChI=1S/C21H19FN2O4S/c1-14-6-8-16(9-7-14)28-13-19(25)23-10-11-24-20(26)18(29-21(24)27)12-15-4-2-3-5-17(15)22/h2-9,12H,10-11,13H2,1H3,(H,23,25)/b18-12-. The number of thioether (sulfide) groups is 1. The number of carbonyl (C=O) groups excluding carboxylic acids is 3. The van der Waals surface area contributed by atoms with Crippen molar-refractivity contribution in [2.75, 3.05) is 19.7 Å². The van der Waals surface area contributed by atoms with E-state index in [1.165, 1.54) is 18.2 Å². The molecule has 6 nitrogen and oxygen atoms in total. The molecule has 1 aliphatic rings. The zero-order valence-corrected chi connectivity index (χ0v) is 16.5. The lowest BCUT2D eigenvalue weighted by atomic mass is 10.2. The average molecular weight is 414 g/mol. The molecule has 150 valence electrons. The summed E-state index contributed by atoms with van der Waals surface area (Å²) in [6, 6.07) is 13.3. The Morgan fingerprint density at radius 3 is 2.62 bits per heavy atom. The number of halogens is 1. The number of rotatable bonds is 7. The molecule has 1 aliphatic heterocycles. The van der Waals surface area contributed by atoms with Gasteiger partial charge in [0.1, 0.15) is 11.6 Å². The Balaban J connectivity index is 1.48. The lowest BCUT2D eigenvalue weighted by Gasteiger charge is -2.13. The average Bonchev–Trinajstić information content (AvgIpc) is 2.96. The van der Waals surface area contributed by atoms with Crippen LogP contribution in [-0.4, -0.2) is 41.6 Å². The Morgan fingerprint density at radius 2 is 1.90 bits per heavy atom. The van der Waals surface area contributed by atoms with Gasteiger partial charge in [0.05, 0.1) is 4.91 Å². The number of hydrogen-bond donors (Lipinski definition) is 1. The second kappa shape index (κ2) is 9.38. The molecule has 0 radical (unpaired) electrons. The number of imide groups is 1. The molecule has 1 fully saturated rings. The van der Waals surface area contributed by atoms with Gasteiger partial charge < -0.3 is 10.1 Å². The van der Waals surface area contributed by atoms with Crippen LogP contribution in [0.25, 0.3) is 6.08 Å². The molecular formula is C21H19FN2O4S. The van der Waals surface area contributed by atoms with Crippen molar-refractivity contribution in [1.29, 1.82) is 0 Å². The molecule has 2 aromatic carbocycles. The first-order chi connectivity index (χ1) is 13.9. The van der Waals surface area contributed by atoms with Crippen molar-refractivity contribution in [3.8, 4) is 5.75 Å². The summed E-state index contributed by atoms with van der Waals surface area (Å²) in [7, 11) is 0. The maximum absolute atomic E-state index is 13.7. The molecule has 1 N–H and O–H groups in total. The molecule has 1 heterocycles. The smallest absolute Gasteiger partial charge is 0.293 e. The third-order valence-electron chi connectivity index (χ3n) is 4.11. The third kappa shape index (κ3) is 5.45. The molecule has 2 aromatic rings. The third-order valence-corrected chi connectivity index (χ3v) is 5.02. The van der Waals surface area contributed by atoms with Crippen molar-refractivity contribution >= 4 is 34.9 Å². The highest BCUT2D eigenvalue weighted by Gasteiger charge is 2.34. The van der Waals surface area contributed by atoms with Crippen LogP contribution in [0.3, 0.4) is 0 Å². The van der Waals surface area contributed by atoms with Crippen LogP contribution in [0.2, 0.25) is 0 Å². The van der Waals surface area contributed by atoms with Crippen molar-refractivity contribution in [3.05, 3.63) is 70.4 Å². The highest BCUT2D eigenvalue weighted by molar-refractivity contribution is 8.18. The summed E-state index contributed by atoms with van der Waals surface area (Å²) in [5.74, 6) is -0.761. The van der Waals surface area contributed by atoms with E-state index < -0.39 is 17.0 Å². The van der Waals surface area contributed by atoms with Crippen molar-refractivity contribution in [1.82, 2.24) is 10.2 Å². The first-order valence-electron chi connectivity index (χ1n) is 8.90. The second-order valence-electron chi connectivity index (χ2n) is 6.31. The number of ether oxygens (including phenoxy) is 1. The van der Waals surface area contributed by atoms with Crippen LogP contribution in [0.15, 0.2) is 53.4 Å². The van der Waals surface area contributed by atoms with E-state index in [0.717, 1.165) is 22.2 Å². The molecule has 8 heteroatoms. The van der Waals surface area contributed by atoms with Gasteiger partial charge in [0.2, 0.25) is 0 Å². The molecule has 0 saturated carbocycles. The molecule has 1 saturated heterocycles. The van der Waals surface area contributed by atoms with Crippen molar-refractivity contribution in [2.45, 2.75) is 6.92 Å². The monoisotopic (exact) mass is 414 g/mol. The highest BCUT2D eigenvalue weighted by Crippen LogP contribution is 2.32. The summed E-state index contributed by atoms with van der Waals surface area (Å²) >= 11 is 0.747. The van der Waals surface area contributed by atoms with E-state index in [9.17, 15) is 18.8 Å². The summed E-state index contributed by atoms with van der Waals surface area (Å²) in [6.07, 6.45) is 1.36. The molecule has 0 bridgehead atoms. The first kappa shape index (κ1) is 20.6. The summed E-state index contributed by atoms with van der Waals surface area (Å²) in [5.41, 5.74) is 1.32. The number of amides is 3. The van der Waals surface area contributed by atoms with Crippen LogP contribution in [-0.2, 0) is 9.59 Å². The van der Waals surface area contributed by atoms with Crippen LogP contribution < -0.4 is 10.1 Å². The maximum atomic E-state index is 13.7. The van der Waals surface area contributed by atoms with Crippen molar-refractivity contribution < 1.29 is 23.5 Å². The Hall–Kier alpha value is -3.13. The minimum Gasteiger partial charge on any atom is -0.484 e. The molecule has 0 spiro atoms. The maximum Gasteiger partial charge on any atom is 0.293 e. The van der Waals surface area contributed by atoms with E-state index in [-0.39, 0.29) is 36.1 Å². The fraction of sp³-hybridized carbons (Fsp3) is 0.190. The molecule has 0 unspecified atom stereocenters. The Morgan fingerprint density at radius 1 is 1.17 bits per heavy atom. The minimum atomic E-state index is -0.506. The highest BCUT2D eigenvalue weighted by atomic mass is 32.2. The molecule has 0 aromatic heterocycles. The SMILES string of the molecule is Cc1ccc(OCC(=O)NCCN2C(=O)S/C(=C\c3ccccc3F)C2=O)cc1. The van der Waals surface area contributed by atoms with Gasteiger partial charge in [-0.25, -0.2) is 4.39 Å². The van der Waals surface area contributed by atoms with Crippen LogP contribution in [0.1, 0.15) is 11.1 Å². The fourth-order valence-electron chi connectivity index (χ4n) is 2.57. The molecule has 29 heavy (non-hydrogen) atoms. The molecule has 0 atom stereocenters. The van der Waals surface area contributed by atoms with Gasteiger partial charge in [0.15, 0.2) is 6.61 Å². The number of nitrogens with one attached hydrogen (secondary N) is 1. The van der Waals surface area contributed by atoms with Gasteiger partial charge in [0.25, 0.3) is 17.1 Å². The number of benzene rings is 2. The van der Waals surface area contributed by atoms with Gasteiger partial charge in [-0.05, 0) is 43.0 Å². The first-order valence-corrected chi connectivity index (χ1v) is 9.72. The fourth-order valence-corrected chi connectivity index (χ4v) is 3.42. The van der Waals surface area contributed by atoms with E-state index in [4.69, 9.17) is 4.74 Å². The van der Waals surface area contributed by atoms with Crippen LogP contribution in [0.4, 0.5) is 9.18 Å². The van der Waals surface area contributed by atoms with Crippen LogP contribution in [0.5, 0.6) is 5.75 Å². The minimum absolute atomic E-state index is 0.0234. The van der Waals surface area contributed by atoms with E-state index in [1.54, 1.807) is 24.3 Å². The largest absolute Gasteiger partial charge is 0.484 e. The van der Waals surface area contributed by atoms with Gasteiger partial charge in [-0.15, -0.1) is 0 Å². The van der Waals surface area contributed by atoms with Gasteiger partial charge in [-0.3, -0.25) is 19.3 Å². The zero-order valence-electron chi connectivity index (χ0n) is 15.7. The van der Waals surface area contributed by atoms with Gasteiger partial charge >= 0.3 is 0 Å². The topological polar surface area (TPSA) is 75.7 Å². The number of aryl methyl sites for hydroxylation is 1. The van der Waals surface area contributed by atoms with Crippen molar-refractivity contribution in [2.24, 2.45) is 0 Å². The number of hydrogen-bond acceptors (Lipinski definition) is 5. The molecule has 3 rings (SSSR count). The molecular weight excluding hydrogens is 395 g/mol. The summed E-state index contributed by atoms with van der Waals surface area (Å²) in [6.45, 7) is 1.90. The van der Waals surface area contributed by atoms with Gasteiger partial charge in [-0.2, -0.15) is 0 Å².